The van der Waals surface area contributed by atoms with Gasteiger partial charge in [-0.25, -0.2) is 0 Å². The second-order valence-electron chi connectivity index (χ2n) is 3.56. The quantitative estimate of drug-likeness (QED) is 0.444. The molecule has 0 saturated carbocycles. The first-order chi connectivity index (χ1) is 7.29. The van der Waals surface area contributed by atoms with E-state index in [1.165, 1.54) is 12.2 Å². The van der Waals surface area contributed by atoms with E-state index in [4.69, 9.17) is 34.8 Å². The molecule has 0 amide bonds. The van der Waals surface area contributed by atoms with Crippen molar-refractivity contribution in [2.75, 3.05) is 0 Å². The lowest BCUT2D eigenvalue weighted by Crippen LogP contribution is -2.01. The van der Waals surface area contributed by atoms with Crippen LogP contribution < -0.4 is 0 Å². The van der Waals surface area contributed by atoms with Crippen LogP contribution in [-0.4, -0.2) is 9.58 Å². The van der Waals surface area contributed by atoms with Crippen molar-refractivity contribution in [3.05, 3.63) is 47.0 Å². The molecule has 0 atom stereocenters. The summed E-state index contributed by atoms with van der Waals surface area (Å²) in [4.78, 5) is 11.8. The summed E-state index contributed by atoms with van der Waals surface area (Å²) in [7, 11) is 0. The molecule has 0 aliphatic rings. The van der Waals surface area contributed by atoms with Gasteiger partial charge in [0.15, 0.2) is 5.78 Å². The molecule has 0 saturated heterocycles. The predicted octanol–water partition coefficient (Wildman–Crippen LogP) is 4.41. The number of hydrogen-bond donors (Lipinski definition) is 0. The smallest absolute Gasteiger partial charge is 0.209 e. The summed E-state index contributed by atoms with van der Waals surface area (Å²) in [6, 6.07) is 5.59. The molecule has 0 N–H and O–H groups in total. The lowest BCUT2D eigenvalue weighted by molar-refractivity contribution is 0.104. The second-order valence-corrected chi connectivity index (χ2v) is 5.93. The fourth-order valence-corrected chi connectivity index (χ4v) is 1.54. The van der Waals surface area contributed by atoms with Crippen LogP contribution in [-0.2, 0) is 0 Å². The first kappa shape index (κ1) is 13.6. The molecule has 16 heavy (non-hydrogen) atoms. The summed E-state index contributed by atoms with van der Waals surface area (Å²) >= 11 is 16.6. The molecule has 0 unspecified atom stereocenters. The molecule has 0 bridgehead atoms. The fraction of sp³-hybridized carbons (Fsp3) is 0.250. The Morgan fingerprint density at radius 3 is 2.38 bits per heavy atom. The molecule has 4 heteroatoms. The van der Waals surface area contributed by atoms with Crippen molar-refractivity contribution in [3.8, 4) is 0 Å². The third kappa shape index (κ3) is 4.17. The number of rotatable bonds is 2. The summed E-state index contributed by atoms with van der Waals surface area (Å²) in [5.74, 6) is -0.163. The summed E-state index contributed by atoms with van der Waals surface area (Å²) in [5.41, 5.74) is 2.65. The van der Waals surface area contributed by atoms with Crippen LogP contribution in [0.15, 0.2) is 30.4 Å². The van der Waals surface area contributed by atoms with Gasteiger partial charge in [0.1, 0.15) is 0 Å². The predicted molar refractivity (Wildman–Crippen MR) is 69.7 cm³/mol. The molecular formula is C12H11Cl3O. The van der Waals surface area contributed by atoms with E-state index in [-0.39, 0.29) is 5.78 Å². The minimum absolute atomic E-state index is 0.163. The van der Waals surface area contributed by atoms with Gasteiger partial charge in [0, 0.05) is 5.56 Å². The Morgan fingerprint density at radius 1 is 1.25 bits per heavy atom. The fourth-order valence-electron chi connectivity index (χ4n) is 1.35. The third-order valence-corrected chi connectivity index (χ3v) is 2.45. The van der Waals surface area contributed by atoms with E-state index in [0.717, 1.165) is 11.1 Å². The van der Waals surface area contributed by atoms with Gasteiger partial charge >= 0.3 is 0 Å². The zero-order chi connectivity index (χ0) is 12.3. The second kappa shape index (κ2) is 5.22. The van der Waals surface area contributed by atoms with Crippen LogP contribution in [0.1, 0.15) is 21.5 Å². The van der Waals surface area contributed by atoms with Crippen LogP contribution in [0.2, 0.25) is 0 Å². The summed E-state index contributed by atoms with van der Waals surface area (Å²) in [6.45, 7) is 3.85. The first-order valence-corrected chi connectivity index (χ1v) is 5.80. The van der Waals surface area contributed by atoms with E-state index in [9.17, 15) is 4.79 Å². The molecule has 0 heterocycles. The van der Waals surface area contributed by atoms with Crippen molar-refractivity contribution in [3.63, 3.8) is 0 Å². The summed E-state index contributed by atoms with van der Waals surface area (Å²) < 4.78 is -1.53. The van der Waals surface area contributed by atoms with Crippen molar-refractivity contribution >= 4 is 40.6 Å². The number of hydrogen-bond acceptors (Lipinski definition) is 1. The van der Waals surface area contributed by atoms with Crippen LogP contribution in [0.5, 0.6) is 0 Å². The largest absolute Gasteiger partial charge is 0.289 e. The standard InChI is InChI=1S/C12H11Cl3O/c1-8-3-4-10(9(2)7-8)11(16)5-6-12(13,14)15/h3-7H,1-2H3/b6-5+. The molecule has 1 rings (SSSR count). The summed E-state index contributed by atoms with van der Waals surface area (Å²) in [5, 5.41) is 0. The minimum Gasteiger partial charge on any atom is -0.289 e. The van der Waals surface area contributed by atoms with Crippen LogP contribution in [0.3, 0.4) is 0 Å². The van der Waals surface area contributed by atoms with E-state index in [2.05, 4.69) is 0 Å². The van der Waals surface area contributed by atoms with Gasteiger partial charge in [-0.3, -0.25) is 4.79 Å². The number of alkyl halides is 3. The van der Waals surface area contributed by atoms with Crippen molar-refractivity contribution < 1.29 is 4.79 Å². The highest BCUT2D eigenvalue weighted by Crippen LogP contribution is 2.27. The van der Waals surface area contributed by atoms with Gasteiger partial charge in [0.2, 0.25) is 3.79 Å². The Balaban J connectivity index is 2.94. The monoisotopic (exact) mass is 276 g/mol. The van der Waals surface area contributed by atoms with Gasteiger partial charge in [-0.05, 0) is 31.6 Å². The number of allylic oxidation sites excluding steroid dienone is 2. The average Bonchev–Trinajstić information content (AvgIpc) is 2.13. The van der Waals surface area contributed by atoms with E-state index in [1.54, 1.807) is 6.07 Å². The number of carbonyl (C=O) groups excluding carboxylic acids is 1. The van der Waals surface area contributed by atoms with Gasteiger partial charge in [-0.2, -0.15) is 0 Å². The van der Waals surface area contributed by atoms with E-state index >= 15 is 0 Å². The normalized spacial score (nSPS) is 12.1. The number of aryl methyl sites for hydroxylation is 2. The first-order valence-electron chi connectivity index (χ1n) is 4.67. The topological polar surface area (TPSA) is 17.1 Å². The zero-order valence-corrected chi connectivity index (χ0v) is 11.2. The highest BCUT2D eigenvalue weighted by Gasteiger charge is 2.15. The van der Waals surface area contributed by atoms with Crippen molar-refractivity contribution in [2.24, 2.45) is 0 Å². The Morgan fingerprint density at radius 2 is 1.88 bits per heavy atom. The molecule has 0 aliphatic heterocycles. The summed E-state index contributed by atoms with van der Waals surface area (Å²) in [6.07, 6.45) is 2.53. The van der Waals surface area contributed by atoms with Gasteiger partial charge in [0.25, 0.3) is 0 Å². The Labute approximate surface area is 110 Å². The molecular weight excluding hydrogens is 266 g/mol. The van der Waals surface area contributed by atoms with Crippen LogP contribution in [0, 0.1) is 13.8 Å². The molecule has 1 aromatic rings. The third-order valence-electron chi connectivity index (χ3n) is 2.07. The maximum atomic E-state index is 11.8. The number of halogens is 3. The lowest BCUT2D eigenvalue weighted by atomic mass is 10.0. The van der Waals surface area contributed by atoms with E-state index < -0.39 is 3.79 Å². The van der Waals surface area contributed by atoms with Crippen LogP contribution >= 0.6 is 34.8 Å². The Kier molecular flexibility index (Phi) is 4.43. The zero-order valence-electron chi connectivity index (χ0n) is 8.93. The van der Waals surface area contributed by atoms with E-state index in [0.29, 0.717) is 5.56 Å². The highest BCUT2D eigenvalue weighted by atomic mass is 35.6. The molecule has 86 valence electrons. The van der Waals surface area contributed by atoms with Crippen LogP contribution in [0.4, 0.5) is 0 Å². The van der Waals surface area contributed by atoms with Gasteiger partial charge in [-0.15, -0.1) is 0 Å². The number of carbonyl (C=O) groups is 1. The molecule has 0 fully saturated rings. The lowest BCUT2D eigenvalue weighted by Gasteiger charge is -2.05. The molecule has 0 spiro atoms. The number of benzene rings is 1. The van der Waals surface area contributed by atoms with Gasteiger partial charge < -0.3 is 0 Å². The SMILES string of the molecule is Cc1ccc(C(=O)/C=C/C(Cl)(Cl)Cl)c(C)c1. The van der Waals surface area contributed by atoms with Crippen molar-refractivity contribution in [1.82, 2.24) is 0 Å². The van der Waals surface area contributed by atoms with Gasteiger partial charge in [-0.1, -0.05) is 58.6 Å². The van der Waals surface area contributed by atoms with Crippen LogP contribution in [0.25, 0.3) is 0 Å². The maximum absolute atomic E-state index is 11.8. The molecule has 0 aromatic heterocycles. The molecule has 1 nitrogen and oxygen atoms in total. The van der Waals surface area contributed by atoms with Gasteiger partial charge in [0.05, 0.1) is 0 Å². The Hall–Kier alpha value is -0.500. The molecule has 1 aromatic carbocycles. The van der Waals surface area contributed by atoms with Crippen molar-refractivity contribution in [2.45, 2.75) is 17.6 Å². The molecule has 0 aliphatic carbocycles. The maximum Gasteiger partial charge on any atom is 0.209 e. The van der Waals surface area contributed by atoms with Crippen molar-refractivity contribution in [1.29, 1.82) is 0 Å². The molecule has 0 radical (unpaired) electrons. The van der Waals surface area contributed by atoms with E-state index in [1.807, 2.05) is 26.0 Å². The highest BCUT2D eigenvalue weighted by molar-refractivity contribution is 6.69. The Bertz CT molecular complexity index is 430. The minimum atomic E-state index is -1.53. The number of ketones is 1. The average molecular weight is 278 g/mol.